The number of aromatic nitrogens is 1. The van der Waals surface area contributed by atoms with E-state index in [4.69, 9.17) is 4.74 Å². The first-order valence-electron chi connectivity index (χ1n) is 6.16. The normalized spacial score (nSPS) is 10.7. The maximum Gasteiger partial charge on any atom is 0.0591 e. The van der Waals surface area contributed by atoms with Gasteiger partial charge < -0.3 is 10.1 Å². The summed E-state index contributed by atoms with van der Waals surface area (Å²) in [6.45, 7) is 4.68. The molecule has 0 bridgehead atoms. The smallest absolute Gasteiger partial charge is 0.0591 e. The molecule has 0 atom stereocenters. The third-order valence-electron chi connectivity index (χ3n) is 2.30. The van der Waals surface area contributed by atoms with Crippen LogP contribution in [0.2, 0.25) is 0 Å². The highest BCUT2D eigenvalue weighted by Gasteiger charge is 1.97. The topological polar surface area (TPSA) is 34.1 Å². The Morgan fingerprint density at radius 1 is 1.35 bits per heavy atom. The average Bonchev–Trinajstić information content (AvgIpc) is 2.35. The van der Waals surface area contributed by atoms with Crippen molar-refractivity contribution in [1.82, 2.24) is 10.3 Å². The molecule has 4 heteroatoms. The van der Waals surface area contributed by atoms with E-state index >= 15 is 0 Å². The van der Waals surface area contributed by atoms with Gasteiger partial charge in [0.05, 0.1) is 13.2 Å². The highest BCUT2D eigenvalue weighted by molar-refractivity contribution is 7.99. The number of pyridine rings is 1. The van der Waals surface area contributed by atoms with Crippen LogP contribution in [0, 0.1) is 0 Å². The molecule has 0 aromatic carbocycles. The third kappa shape index (κ3) is 6.66. The van der Waals surface area contributed by atoms with Gasteiger partial charge in [0, 0.05) is 29.6 Å². The Morgan fingerprint density at radius 3 is 3.00 bits per heavy atom. The molecule has 1 aromatic rings. The van der Waals surface area contributed by atoms with Gasteiger partial charge in [-0.3, -0.25) is 4.98 Å². The number of ether oxygens (including phenoxy) is 1. The molecule has 0 aliphatic carbocycles. The molecule has 0 fully saturated rings. The van der Waals surface area contributed by atoms with E-state index < -0.39 is 0 Å². The van der Waals surface area contributed by atoms with Crippen LogP contribution >= 0.6 is 11.8 Å². The van der Waals surface area contributed by atoms with Crippen molar-refractivity contribution in [3.8, 4) is 0 Å². The number of hydrogen-bond donors (Lipinski definition) is 1. The fraction of sp³-hybridized carbons (Fsp3) is 0.615. The van der Waals surface area contributed by atoms with Crippen molar-refractivity contribution in [2.24, 2.45) is 0 Å². The summed E-state index contributed by atoms with van der Waals surface area (Å²) in [6, 6.07) is 2.23. The molecule has 1 rings (SSSR count). The number of aryl methyl sites for hydroxylation is 1. The van der Waals surface area contributed by atoms with Crippen molar-refractivity contribution >= 4 is 11.8 Å². The second kappa shape index (κ2) is 9.45. The molecule has 0 unspecified atom stereocenters. The monoisotopic (exact) mass is 254 g/mol. The predicted octanol–water partition coefficient (Wildman–Crippen LogP) is 2.36. The molecular formula is C13H22N2OS. The first kappa shape index (κ1) is 14.5. The largest absolute Gasteiger partial charge is 0.379 e. The van der Waals surface area contributed by atoms with Crippen molar-refractivity contribution in [3.63, 3.8) is 0 Å². The maximum atomic E-state index is 5.47. The fourth-order valence-corrected chi connectivity index (χ4v) is 2.27. The molecular weight excluding hydrogens is 232 g/mol. The summed E-state index contributed by atoms with van der Waals surface area (Å²) in [5.41, 5.74) is 1.33. The zero-order valence-electron chi connectivity index (χ0n) is 10.7. The van der Waals surface area contributed by atoms with E-state index in [1.165, 1.54) is 16.9 Å². The summed E-state index contributed by atoms with van der Waals surface area (Å²) in [6.07, 6.45) is 6.16. The molecule has 96 valence electrons. The lowest BCUT2D eigenvalue weighted by molar-refractivity contribution is 0.153. The molecule has 1 aromatic heterocycles. The lowest BCUT2D eigenvalue weighted by Crippen LogP contribution is -2.15. The Kier molecular flexibility index (Phi) is 8.05. The van der Waals surface area contributed by atoms with Crippen LogP contribution in [0.1, 0.15) is 18.9 Å². The molecule has 0 aliphatic heterocycles. The molecule has 0 saturated heterocycles. The van der Waals surface area contributed by atoms with E-state index in [0.29, 0.717) is 0 Å². The molecule has 17 heavy (non-hydrogen) atoms. The number of likely N-dealkylation sites (N-methyl/N-ethyl adjacent to an activating group) is 1. The Balaban J connectivity index is 2.19. The van der Waals surface area contributed by atoms with E-state index in [9.17, 15) is 0 Å². The molecule has 0 aliphatic rings. The van der Waals surface area contributed by atoms with Gasteiger partial charge in [0.15, 0.2) is 0 Å². The second-order valence-corrected chi connectivity index (χ2v) is 5.01. The van der Waals surface area contributed by atoms with Gasteiger partial charge in [-0.15, -0.1) is 11.8 Å². The van der Waals surface area contributed by atoms with Gasteiger partial charge in [0.1, 0.15) is 0 Å². The first-order valence-corrected chi connectivity index (χ1v) is 7.14. The predicted molar refractivity (Wildman–Crippen MR) is 73.7 cm³/mol. The van der Waals surface area contributed by atoms with Crippen LogP contribution < -0.4 is 5.32 Å². The van der Waals surface area contributed by atoms with Gasteiger partial charge in [0.25, 0.3) is 0 Å². The van der Waals surface area contributed by atoms with E-state index in [1.54, 1.807) is 0 Å². The van der Waals surface area contributed by atoms with Crippen LogP contribution in [0.4, 0.5) is 0 Å². The van der Waals surface area contributed by atoms with Gasteiger partial charge in [0.2, 0.25) is 0 Å². The summed E-state index contributed by atoms with van der Waals surface area (Å²) in [5.74, 6) is 0.987. The van der Waals surface area contributed by atoms with Gasteiger partial charge in [-0.2, -0.15) is 0 Å². The first-order chi connectivity index (χ1) is 8.36. The summed E-state index contributed by atoms with van der Waals surface area (Å²) < 4.78 is 5.47. The molecule has 1 N–H and O–H groups in total. The molecule has 0 radical (unpaired) electrons. The zero-order valence-corrected chi connectivity index (χ0v) is 11.6. The van der Waals surface area contributed by atoms with Crippen LogP contribution in [0.15, 0.2) is 23.4 Å². The van der Waals surface area contributed by atoms with Gasteiger partial charge in [-0.25, -0.2) is 0 Å². The van der Waals surface area contributed by atoms with Crippen molar-refractivity contribution < 1.29 is 4.74 Å². The Morgan fingerprint density at radius 2 is 2.24 bits per heavy atom. The number of hydrogen-bond acceptors (Lipinski definition) is 4. The SMILES string of the molecule is CCCc1cncc(SCCOCCNC)c1. The van der Waals surface area contributed by atoms with Crippen LogP contribution in [-0.4, -0.2) is 37.5 Å². The second-order valence-electron chi connectivity index (χ2n) is 3.84. The molecule has 3 nitrogen and oxygen atoms in total. The van der Waals surface area contributed by atoms with E-state index in [2.05, 4.69) is 23.3 Å². The molecule has 0 spiro atoms. The molecule has 0 amide bonds. The van der Waals surface area contributed by atoms with Crippen LogP contribution in [0.3, 0.4) is 0 Å². The minimum atomic E-state index is 0.783. The lowest BCUT2D eigenvalue weighted by atomic mass is 10.2. The highest BCUT2D eigenvalue weighted by Crippen LogP contribution is 2.18. The van der Waals surface area contributed by atoms with Crippen LogP contribution in [0.5, 0.6) is 0 Å². The standard InChI is InChI=1S/C13H22N2OS/c1-3-4-12-9-13(11-15-10-12)17-8-7-16-6-5-14-2/h9-11,14H,3-8H2,1-2H3. The summed E-state index contributed by atoms with van der Waals surface area (Å²) >= 11 is 1.81. The van der Waals surface area contributed by atoms with Crippen molar-refractivity contribution in [3.05, 3.63) is 24.0 Å². The highest BCUT2D eigenvalue weighted by atomic mass is 32.2. The average molecular weight is 254 g/mol. The number of nitrogens with zero attached hydrogens (tertiary/aromatic N) is 1. The van der Waals surface area contributed by atoms with Crippen LogP contribution in [0.25, 0.3) is 0 Å². The zero-order chi connectivity index (χ0) is 12.3. The number of thioether (sulfide) groups is 1. The fourth-order valence-electron chi connectivity index (χ4n) is 1.46. The van der Waals surface area contributed by atoms with Crippen molar-refractivity contribution in [2.45, 2.75) is 24.7 Å². The van der Waals surface area contributed by atoms with Gasteiger partial charge in [-0.1, -0.05) is 13.3 Å². The van der Waals surface area contributed by atoms with E-state index in [0.717, 1.165) is 31.9 Å². The number of nitrogens with one attached hydrogen (secondary N) is 1. The summed E-state index contributed by atoms with van der Waals surface area (Å²) in [7, 11) is 1.93. The minimum absolute atomic E-state index is 0.783. The Labute approximate surface area is 108 Å². The Hall–Kier alpha value is -0.580. The summed E-state index contributed by atoms with van der Waals surface area (Å²) in [5, 5.41) is 3.06. The van der Waals surface area contributed by atoms with Crippen LogP contribution in [-0.2, 0) is 11.2 Å². The Bertz CT molecular complexity index is 307. The third-order valence-corrected chi connectivity index (χ3v) is 3.23. The van der Waals surface area contributed by atoms with E-state index in [-0.39, 0.29) is 0 Å². The molecule has 1 heterocycles. The lowest BCUT2D eigenvalue weighted by Gasteiger charge is -2.05. The van der Waals surface area contributed by atoms with Gasteiger partial charge >= 0.3 is 0 Å². The van der Waals surface area contributed by atoms with Crippen molar-refractivity contribution in [1.29, 1.82) is 0 Å². The maximum absolute atomic E-state index is 5.47. The van der Waals surface area contributed by atoms with Crippen molar-refractivity contribution in [2.75, 3.05) is 32.6 Å². The minimum Gasteiger partial charge on any atom is -0.379 e. The quantitative estimate of drug-likeness (QED) is 0.542. The number of rotatable bonds is 9. The van der Waals surface area contributed by atoms with Gasteiger partial charge in [-0.05, 0) is 25.1 Å². The summed E-state index contributed by atoms with van der Waals surface area (Å²) in [4.78, 5) is 5.50. The molecule has 0 saturated carbocycles. The van der Waals surface area contributed by atoms with E-state index in [1.807, 2.05) is 31.2 Å².